The summed E-state index contributed by atoms with van der Waals surface area (Å²) in [6, 6.07) is 6.42. The molecule has 0 aromatic heterocycles. The highest BCUT2D eigenvalue weighted by Gasteiger charge is 2.50. The van der Waals surface area contributed by atoms with Gasteiger partial charge in [-0.3, -0.25) is 0 Å². The van der Waals surface area contributed by atoms with E-state index in [1.807, 2.05) is 12.1 Å². The van der Waals surface area contributed by atoms with Crippen LogP contribution in [0.2, 0.25) is 10.0 Å². The number of hydrogen-bond acceptors (Lipinski definition) is 1. The zero-order valence-corrected chi connectivity index (χ0v) is 14.0. The Bertz CT molecular complexity index is 514. The summed E-state index contributed by atoms with van der Waals surface area (Å²) in [6.07, 6.45) is 7.26. The molecule has 4 aliphatic carbocycles. The van der Waals surface area contributed by atoms with Gasteiger partial charge in [0.1, 0.15) is 0 Å². The summed E-state index contributed by atoms with van der Waals surface area (Å²) in [7, 11) is 2.08. The van der Waals surface area contributed by atoms with Crippen molar-refractivity contribution in [1.29, 1.82) is 0 Å². The van der Waals surface area contributed by atoms with E-state index in [0.29, 0.717) is 11.1 Å². The molecule has 4 saturated carbocycles. The monoisotopic (exact) mass is 323 g/mol. The smallest absolute Gasteiger partial charge is 0.0640 e. The van der Waals surface area contributed by atoms with E-state index < -0.39 is 0 Å². The van der Waals surface area contributed by atoms with Crippen LogP contribution in [0.4, 0.5) is 0 Å². The van der Waals surface area contributed by atoms with Crippen LogP contribution in [0.3, 0.4) is 0 Å². The molecule has 0 aliphatic heterocycles. The highest BCUT2D eigenvalue weighted by molar-refractivity contribution is 6.42. The number of nitrogens with one attached hydrogen (secondary N) is 1. The molecule has 1 atom stereocenters. The van der Waals surface area contributed by atoms with Gasteiger partial charge in [-0.25, -0.2) is 0 Å². The van der Waals surface area contributed by atoms with Crippen molar-refractivity contribution in [3.05, 3.63) is 33.8 Å². The Morgan fingerprint density at radius 3 is 2.19 bits per heavy atom. The number of hydrogen-bond donors (Lipinski definition) is 1. The van der Waals surface area contributed by atoms with Gasteiger partial charge in [0.25, 0.3) is 0 Å². The van der Waals surface area contributed by atoms with E-state index in [9.17, 15) is 0 Å². The van der Waals surface area contributed by atoms with Crippen LogP contribution >= 0.6 is 23.2 Å². The third-order valence-electron chi connectivity index (χ3n) is 6.31. The molecule has 0 heterocycles. The summed E-state index contributed by atoms with van der Waals surface area (Å²) in [5.41, 5.74) is 1.20. The van der Waals surface area contributed by atoms with Crippen molar-refractivity contribution in [2.24, 2.45) is 29.6 Å². The fraction of sp³-hybridized carbons (Fsp3) is 0.667. The van der Waals surface area contributed by atoms with E-state index in [-0.39, 0.29) is 0 Å². The highest BCUT2D eigenvalue weighted by atomic mass is 35.5. The quantitative estimate of drug-likeness (QED) is 0.793. The molecule has 114 valence electrons. The van der Waals surface area contributed by atoms with Crippen LogP contribution in [0.15, 0.2) is 18.2 Å². The Morgan fingerprint density at radius 1 is 1.00 bits per heavy atom. The van der Waals surface area contributed by atoms with Gasteiger partial charge in [0, 0.05) is 6.04 Å². The predicted molar refractivity (Wildman–Crippen MR) is 88.8 cm³/mol. The molecule has 1 N–H and O–H groups in total. The predicted octanol–water partition coefficient (Wildman–Crippen LogP) is 5.33. The van der Waals surface area contributed by atoms with Gasteiger partial charge in [-0.05, 0) is 80.4 Å². The van der Waals surface area contributed by atoms with Crippen LogP contribution in [0.25, 0.3) is 0 Å². The van der Waals surface area contributed by atoms with Gasteiger partial charge in [-0.2, -0.15) is 0 Å². The second-order valence-electron chi connectivity index (χ2n) is 7.42. The fourth-order valence-corrected chi connectivity index (χ4v) is 6.25. The molecule has 0 saturated heterocycles. The first-order chi connectivity index (χ1) is 10.2. The maximum atomic E-state index is 6.51. The zero-order valence-electron chi connectivity index (χ0n) is 12.5. The van der Waals surface area contributed by atoms with Crippen LogP contribution < -0.4 is 5.32 Å². The van der Waals surface area contributed by atoms with Gasteiger partial charge in [-0.1, -0.05) is 35.3 Å². The first kappa shape index (κ1) is 14.4. The van der Waals surface area contributed by atoms with Crippen molar-refractivity contribution in [3.8, 4) is 0 Å². The third-order valence-corrected chi connectivity index (χ3v) is 7.15. The normalized spacial score (nSPS) is 38.7. The molecular formula is C18H23Cl2N. The molecule has 21 heavy (non-hydrogen) atoms. The lowest BCUT2D eigenvalue weighted by atomic mass is 9.50. The molecule has 0 amide bonds. The van der Waals surface area contributed by atoms with Crippen LogP contribution in [-0.4, -0.2) is 7.05 Å². The van der Waals surface area contributed by atoms with E-state index in [4.69, 9.17) is 23.2 Å². The summed E-state index contributed by atoms with van der Waals surface area (Å²) in [5, 5.41) is 4.99. The van der Waals surface area contributed by atoms with Crippen molar-refractivity contribution in [3.63, 3.8) is 0 Å². The summed E-state index contributed by atoms with van der Waals surface area (Å²) in [4.78, 5) is 0. The molecule has 1 unspecified atom stereocenters. The largest absolute Gasteiger partial charge is 0.313 e. The van der Waals surface area contributed by atoms with Gasteiger partial charge in [-0.15, -0.1) is 0 Å². The minimum atomic E-state index is 0.353. The number of halogens is 2. The molecule has 1 aromatic carbocycles. The maximum absolute atomic E-state index is 6.51. The lowest BCUT2D eigenvalue weighted by molar-refractivity contribution is -0.0515. The average molecular weight is 324 g/mol. The summed E-state index contributed by atoms with van der Waals surface area (Å²) in [6.45, 7) is 0. The molecule has 4 fully saturated rings. The molecule has 3 heteroatoms. The van der Waals surface area contributed by atoms with Crippen molar-refractivity contribution in [2.45, 2.75) is 38.1 Å². The number of benzene rings is 1. The Balaban J connectivity index is 1.68. The minimum absolute atomic E-state index is 0.353. The van der Waals surface area contributed by atoms with Gasteiger partial charge >= 0.3 is 0 Å². The molecule has 4 bridgehead atoms. The van der Waals surface area contributed by atoms with Gasteiger partial charge < -0.3 is 5.32 Å². The lowest BCUT2D eigenvalue weighted by Gasteiger charge is -2.56. The van der Waals surface area contributed by atoms with Crippen LogP contribution in [0, 0.1) is 29.6 Å². The Labute approximate surface area is 137 Å². The van der Waals surface area contributed by atoms with Gasteiger partial charge in [0.15, 0.2) is 0 Å². The SMILES string of the molecule is CNC(c1cccc(Cl)c1Cl)C1C2CC3CC(C2)CC1C3. The van der Waals surface area contributed by atoms with Crippen molar-refractivity contribution < 1.29 is 0 Å². The van der Waals surface area contributed by atoms with Crippen molar-refractivity contribution in [1.82, 2.24) is 5.32 Å². The molecule has 1 aromatic rings. The lowest BCUT2D eigenvalue weighted by Crippen LogP contribution is -2.49. The van der Waals surface area contributed by atoms with Crippen LogP contribution in [0.1, 0.15) is 43.7 Å². The van der Waals surface area contributed by atoms with E-state index in [1.54, 1.807) is 0 Å². The second kappa shape index (κ2) is 5.44. The molecule has 0 spiro atoms. The Hall–Kier alpha value is -0.240. The van der Waals surface area contributed by atoms with E-state index >= 15 is 0 Å². The minimum Gasteiger partial charge on any atom is -0.313 e. The third kappa shape index (κ3) is 2.33. The maximum Gasteiger partial charge on any atom is 0.0640 e. The standard InChI is InChI=1S/C18H23Cl2N/c1-21-18(14-3-2-4-15(19)17(14)20)16-12-6-10-5-11(8-12)9-13(16)7-10/h2-4,10-13,16,18,21H,5-9H2,1H3. The highest BCUT2D eigenvalue weighted by Crippen LogP contribution is 2.59. The summed E-state index contributed by atoms with van der Waals surface area (Å²) >= 11 is 12.8. The number of rotatable bonds is 3. The van der Waals surface area contributed by atoms with Crippen molar-refractivity contribution >= 4 is 23.2 Å². The van der Waals surface area contributed by atoms with Gasteiger partial charge in [0.2, 0.25) is 0 Å². The van der Waals surface area contributed by atoms with E-state index in [0.717, 1.165) is 34.6 Å². The average Bonchev–Trinajstić information content (AvgIpc) is 2.46. The first-order valence-electron chi connectivity index (χ1n) is 8.28. The summed E-state index contributed by atoms with van der Waals surface area (Å²) in [5.74, 6) is 4.52. The second-order valence-corrected chi connectivity index (χ2v) is 8.20. The zero-order chi connectivity index (χ0) is 14.6. The Kier molecular flexibility index (Phi) is 3.72. The molecule has 1 nitrogen and oxygen atoms in total. The molecular weight excluding hydrogens is 301 g/mol. The van der Waals surface area contributed by atoms with Crippen LogP contribution in [0.5, 0.6) is 0 Å². The molecule has 0 radical (unpaired) electrons. The topological polar surface area (TPSA) is 12.0 Å². The van der Waals surface area contributed by atoms with Gasteiger partial charge in [0.05, 0.1) is 10.0 Å². The van der Waals surface area contributed by atoms with E-state index in [2.05, 4.69) is 18.4 Å². The van der Waals surface area contributed by atoms with Crippen LogP contribution in [-0.2, 0) is 0 Å². The summed E-state index contributed by atoms with van der Waals surface area (Å²) < 4.78 is 0. The molecule has 4 aliphatic rings. The van der Waals surface area contributed by atoms with E-state index in [1.165, 1.54) is 37.7 Å². The first-order valence-corrected chi connectivity index (χ1v) is 9.04. The van der Waals surface area contributed by atoms with Crippen molar-refractivity contribution in [2.75, 3.05) is 7.05 Å². The molecule has 5 rings (SSSR count). The fourth-order valence-electron chi connectivity index (χ4n) is 5.83. The Morgan fingerprint density at radius 2 is 1.62 bits per heavy atom.